The lowest BCUT2D eigenvalue weighted by atomic mass is 9.85. The third kappa shape index (κ3) is 3.07. The van der Waals surface area contributed by atoms with Crippen LogP contribution in [0.5, 0.6) is 0 Å². The van der Waals surface area contributed by atoms with Crippen molar-refractivity contribution in [2.75, 3.05) is 6.61 Å². The molecule has 5 heteroatoms. The van der Waals surface area contributed by atoms with Gasteiger partial charge in [0.2, 0.25) is 11.8 Å². The summed E-state index contributed by atoms with van der Waals surface area (Å²) in [4.78, 5) is 27.2. The van der Waals surface area contributed by atoms with Gasteiger partial charge in [0, 0.05) is 12.6 Å². The van der Waals surface area contributed by atoms with E-state index in [9.17, 15) is 9.59 Å². The number of nitrogens with one attached hydrogen (secondary N) is 1. The Labute approximate surface area is 127 Å². The number of amides is 2. The Morgan fingerprint density at radius 2 is 1.86 bits per heavy atom. The van der Waals surface area contributed by atoms with Crippen molar-refractivity contribution in [1.29, 1.82) is 0 Å². The molecule has 0 bridgehead atoms. The van der Waals surface area contributed by atoms with Gasteiger partial charge in [-0.05, 0) is 46.5 Å². The normalized spacial score (nSPS) is 32.2. The molecule has 1 N–H and O–H groups in total. The summed E-state index contributed by atoms with van der Waals surface area (Å²) < 4.78 is 5.76. The minimum Gasteiger partial charge on any atom is -0.375 e. The van der Waals surface area contributed by atoms with Gasteiger partial charge >= 0.3 is 0 Å². The second-order valence-electron chi connectivity index (χ2n) is 7.77. The smallest absolute Gasteiger partial charge is 0.248 e. The van der Waals surface area contributed by atoms with Gasteiger partial charge in [0.25, 0.3) is 0 Å². The second kappa shape index (κ2) is 5.27. The van der Waals surface area contributed by atoms with Crippen molar-refractivity contribution in [1.82, 2.24) is 10.2 Å². The van der Waals surface area contributed by atoms with Gasteiger partial charge in [0.05, 0.1) is 5.60 Å². The zero-order valence-electron chi connectivity index (χ0n) is 14.0. The average molecular weight is 296 g/mol. The lowest BCUT2D eigenvalue weighted by Crippen LogP contribution is -2.71. The lowest BCUT2D eigenvalue weighted by Gasteiger charge is -2.50. The molecule has 21 heavy (non-hydrogen) atoms. The standard InChI is InChI=1S/C16H28N2O3/c1-10(2)12-13(19)17-16(5,6)14(20)18(12)11-7-8-21-15(3,4)9-11/h10-12H,7-9H2,1-6H3,(H,17,19). The fraction of sp³-hybridized carbons (Fsp3) is 0.875. The summed E-state index contributed by atoms with van der Waals surface area (Å²) in [7, 11) is 0. The van der Waals surface area contributed by atoms with Crippen LogP contribution in [-0.4, -0.2) is 46.5 Å². The highest BCUT2D eigenvalue weighted by Crippen LogP contribution is 2.33. The van der Waals surface area contributed by atoms with Crippen molar-refractivity contribution < 1.29 is 14.3 Å². The van der Waals surface area contributed by atoms with Crippen molar-refractivity contribution in [3.8, 4) is 0 Å². The van der Waals surface area contributed by atoms with E-state index >= 15 is 0 Å². The molecule has 2 saturated heterocycles. The number of carbonyl (C=O) groups is 2. The van der Waals surface area contributed by atoms with E-state index in [2.05, 4.69) is 5.32 Å². The maximum absolute atomic E-state index is 12.9. The first-order valence-electron chi connectivity index (χ1n) is 7.84. The fourth-order valence-electron chi connectivity index (χ4n) is 3.46. The molecular formula is C16H28N2O3. The van der Waals surface area contributed by atoms with Crippen molar-refractivity contribution in [2.45, 2.75) is 77.6 Å². The van der Waals surface area contributed by atoms with Crippen LogP contribution < -0.4 is 5.32 Å². The zero-order valence-corrected chi connectivity index (χ0v) is 14.0. The van der Waals surface area contributed by atoms with Gasteiger partial charge in [-0.15, -0.1) is 0 Å². The topological polar surface area (TPSA) is 58.6 Å². The average Bonchev–Trinajstić information content (AvgIpc) is 2.30. The fourth-order valence-corrected chi connectivity index (χ4v) is 3.46. The molecule has 0 aromatic rings. The van der Waals surface area contributed by atoms with Crippen molar-refractivity contribution in [2.24, 2.45) is 5.92 Å². The van der Waals surface area contributed by atoms with E-state index in [1.165, 1.54) is 0 Å². The van der Waals surface area contributed by atoms with Crippen LogP contribution in [0.25, 0.3) is 0 Å². The highest BCUT2D eigenvalue weighted by Gasteiger charge is 2.50. The van der Waals surface area contributed by atoms with E-state index in [4.69, 9.17) is 4.74 Å². The molecule has 2 atom stereocenters. The Morgan fingerprint density at radius 3 is 2.38 bits per heavy atom. The molecule has 0 spiro atoms. The van der Waals surface area contributed by atoms with Crippen molar-refractivity contribution in [3.63, 3.8) is 0 Å². The predicted octanol–water partition coefficient (Wildman–Crippen LogP) is 1.71. The van der Waals surface area contributed by atoms with Crippen LogP contribution in [0.2, 0.25) is 0 Å². The zero-order chi connectivity index (χ0) is 16.0. The van der Waals surface area contributed by atoms with Gasteiger partial charge in [0.1, 0.15) is 11.6 Å². The summed E-state index contributed by atoms with van der Waals surface area (Å²) >= 11 is 0. The maximum atomic E-state index is 12.9. The van der Waals surface area contributed by atoms with Crippen LogP contribution in [0.15, 0.2) is 0 Å². The number of rotatable bonds is 2. The minimum atomic E-state index is -0.828. The van der Waals surface area contributed by atoms with Crippen molar-refractivity contribution in [3.05, 3.63) is 0 Å². The molecule has 0 aromatic carbocycles. The summed E-state index contributed by atoms with van der Waals surface area (Å²) in [6.45, 7) is 12.3. The van der Waals surface area contributed by atoms with E-state index in [0.29, 0.717) is 6.61 Å². The van der Waals surface area contributed by atoms with Crippen LogP contribution in [-0.2, 0) is 14.3 Å². The molecule has 2 rings (SSSR count). The highest BCUT2D eigenvalue weighted by atomic mass is 16.5. The first kappa shape index (κ1) is 16.3. The van der Waals surface area contributed by atoms with Gasteiger partial charge in [-0.2, -0.15) is 0 Å². The highest BCUT2D eigenvalue weighted by molar-refractivity contribution is 5.99. The number of piperazine rings is 1. The quantitative estimate of drug-likeness (QED) is 0.844. The van der Waals surface area contributed by atoms with Crippen LogP contribution in [0.1, 0.15) is 54.4 Å². The summed E-state index contributed by atoms with van der Waals surface area (Å²) in [5.74, 6) is 0.0680. The monoisotopic (exact) mass is 296 g/mol. The van der Waals surface area contributed by atoms with E-state index in [-0.39, 0.29) is 35.4 Å². The Kier molecular flexibility index (Phi) is 4.08. The van der Waals surface area contributed by atoms with Gasteiger partial charge in [-0.1, -0.05) is 13.8 Å². The Bertz CT molecular complexity index is 443. The van der Waals surface area contributed by atoms with Gasteiger partial charge in [-0.3, -0.25) is 9.59 Å². The molecule has 2 heterocycles. The largest absolute Gasteiger partial charge is 0.375 e. The maximum Gasteiger partial charge on any atom is 0.248 e. The van der Waals surface area contributed by atoms with Crippen molar-refractivity contribution >= 4 is 11.8 Å². The molecule has 2 amide bonds. The van der Waals surface area contributed by atoms with Crippen LogP contribution in [0.4, 0.5) is 0 Å². The molecule has 2 aliphatic rings. The number of hydrogen-bond acceptors (Lipinski definition) is 3. The first-order valence-corrected chi connectivity index (χ1v) is 7.84. The second-order valence-corrected chi connectivity index (χ2v) is 7.77. The number of hydrogen-bond donors (Lipinski definition) is 1. The summed E-state index contributed by atoms with van der Waals surface area (Å²) in [5.41, 5.74) is -1.08. The molecule has 2 unspecified atom stereocenters. The predicted molar refractivity (Wildman–Crippen MR) is 80.7 cm³/mol. The molecule has 2 aliphatic heterocycles. The summed E-state index contributed by atoms with van der Waals surface area (Å²) in [6, 6.07) is -0.316. The third-order valence-corrected chi connectivity index (χ3v) is 4.47. The summed E-state index contributed by atoms with van der Waals surface area (Å²) in [6.07, 6.45) is 1.56. The number of nitrogens with zero attached hydrogens (tertiary/aromatic N) is 1. The van der Waals surface area contributed by atoms with Crippen LogP contribution in [0, 0.1) is 5.92 Å². The van der Waals surface area contributed by atoms with Crippen LogP contribution >= 0.6 is 0 Å². The van der Waals surface area contributed by atoms with E-state index < -0.39 is 5.54 Å². The van der Waals surface area contributed by atoms with E-state index in [1.807, 2.05) is 32.6 Å². The SMILES string of the molecule is CC(C)C1C(=O)NC(C)(C)C(=O)N1C1CCOC(C)(C)C1. The number of ether oxygens (including phenoxy) is 1. The molecule has 5 nitrogen and oxygen atoms in total. The van der Waals surface area contributed by atoms with E-state index in [1.54, 1.807) is 13.8 Å². The van der Waals surface area contributed by atoms with Crippen LogP contribution in [0.3, 0.4) is 0 Å². The Morgan fingerprint density at radius 1 is 1.24 bits per heavy atom. The molecule has 0 aliphatic carbocycles. The van der Waals surface area contributed by atoms with Gasteiger partial charge in [-0.25, -0.2) is 0 Å². The van der Waals surface area contributed by atoms with E-state index in [0.717, 1.165) is 12.8 Å². The molecular weight excluding hydrogens is 268 g/mol. The van der Waals surface area contributed by atoms with Gasteiger partial charge in [0.15, 0.2) is 0 Å². The molecule has 0 radical (unpaired) electrons. The number of carbonyl (C=O) groups excluding carboxylic acids is 2. The molecule has 0 aromatic heterocycles. The third-order valence-electron chi connectivity index (χ3n) is 4.47. The summed E-state index contributed by atoms with van der Waals surface area (Å²) in [5, 5.41) is 2.87. The minimum absolute atomic E-state index is 0.0171. The first-order chi connectivity index (χ1) is 9.55. The molecule has 2 fully saturated rings. The lowest BCUT2D eigenvalue weighted by molar-refractivity contribution is -0.165. The molecule has 0 saturated carbocycles. The Balaban J connectivity index is 2.34. The Hall–Kier alpha value is -1.10. The van der Waals surface area contributed by atoms with Gasteiger partial charge < -0.3 is 15.0 Å². The molecule has 120 valence electrons.